The third kappa shape index (κ3) is 2.41. The van der Waals surface area contributed by atoms with Crippen molar-refractivity contribution < 1.29 is 0 Å². The van der Waals surface area contributed by atoms with Crippen LogP contribution in [0.1, 0.15) is 11.6 Å². The summed E-state index contributed by atoms with van der Waals surface area (Å²) in [5.74, 6) is 1.92. The Kier molecular flexibility index (Phi) is 3.38. The SMILES string of the molecule is Bc1ccc2c(c1)N(c1ccc(Cl)cc1)CCc1nnc(C)n1-2. The predicted molar refractivity (Wildman–Crippen MR) is 96.4 cm³/mol. The van der Waals surface area contributed by atoms with Crippen LogP contribution in [0, 0.1) is 6.92 Å². The van der Waals surface area contributed by atoms with Gasteiger partial charge in [0.1, 0.15) is 19.5 Å². The number of aryl methyl sites for hydroxylation is 1. The van der Waals surface area contributed by atoms with Gasteiger partial charge in [0.2, 0.25) is 0 Å². The molecule has 1 aromatic heterocycles. The van der Waals surface area contributed by atoms with E-state index in [4.69, 9.17) is 11.6 Å². The monoisotopic (exact) mass is 322 g/mol. The summed E-state index contributed by atoms with van der Waals surface area (Å²) in [5.41, 5.74) is 4.67. The first-order valence-corrected chi connectivity index (χ1v) is 8.06. The van der Waals surface area contributed by atoms with E-state index < -0.39 is 0 Å². The van der Waals surface area contributed by atoms with Gasteiger partial charge in [0, 0.05) is 23.7 Å². The topological polar surface area (TPSA) is 34.0 Å². The zero-order valence-corrected chi connectivity index (χ0v) is 13.9. The second kappa shape index (κ2) is 5.42. The van der Waals surface area contributed by atoms with E-state index in [1.54, 1.807) is 0 Å². The van der Waals surface area contributed by atoms with E-state index in [2.05, 4.69) is 57.8 Å². The highest BCUT2D eigenvalue weighted by molar-refractivity contribution is 6.32. The van der Waals surface area contributed by atoms with Crippen molar-refractivity contribution in [1.29, 1.82) is 0 Å². The fourth-order valence-electron chi connectivity index (χ4n) is 3.14. The van der Waals surface area contributed by atoms with E-state index in [1.807, 2.05) is 19.1 Å². The van der Waals surface area contributed by atoms with Gasteiger partial charge in [-0.25, -0.2) is 0 Å². The molecule has 1 aliphatic rings. The minimum absolute atomic E-state index is 0.751. The Labute approximate surface area is 141 Å². The minimum Gasteiger partial charge on any atom is -0.339 e. The van der Waals surface area contributed by atoms with Crippen LogP contribution in [0.25, 0.3) is 5.69 Å². The van der Waals surface area contributed by atoms with E-state index in [0.717, 1.165) is 41.0 Å². The maximum atomic E-state index is 6.04. The number of rotatable bonds is 1. The van der Waals surface area contributed by atoms with Gasteiger partial charge < -0.3 is 4.90 Å². The fourth-order valence-corrected chi connectivity index (χ4v) is 3.27. The summed E-state index contributed by atoms with van der Waals surface area (Å²) >= 11 is 6.04. The van der Waals surface area contributed by atoms with Crippen molar-refractivity contribution in [2.24, 2.45) is 0 Å². The van der Waals surface area contributed by atoms with Crippen LogP contribution in [0.4, 0.5) is 11.4 Å². The Morgan fingerprint density at radius 3 is 2.61 bits per heavy atom. The molecule has 3 aromatic rings. The molecule has 0 spiro atoms. The molecule has 0 atom stereocenters. The fraction of sp³-hybridized carbons (Fsp3) is 0.176. The highest BCUT2D eigenvalue weighted by Gasteiger charge is 2.23. The van der Waals surface area contributed by atoms with Crippen LogP contribution >= 0.6 is 11.6 Å². The lowest BCUT2D eigenvalue weighted by Gasteiger charge is -2.25. The third-order valence-electron chi connectivity index (χ3n) is 4.25. The van der Waals surface area contributed by atoms with Gasteiger partial charge >= 0.3 is 0 Å². The van der Waals surface area contributed by atoms with Crippen LogP contribution in [-0.4, -0.2) is 29.2 Å². The summed E-state index contributed by atoms with van der Waals surface area (Å²) in [6.45, 7) is 2.86. The molecule has 2 aromatic carbocycles. The molecular weight excluding hydrogens is 306 g/mol. The summed E-state index contributed by atoms with van der Waals surface area (Å²) in [6.07, 6.45) is 0.844. The molecule has 23 heavy (non-hydrogen) atoms. The van der Waals surface area contributed by atoms with E-state index >= 15 is 0 Å². The minimum atomic E-state index is 0.751. The Morgan fingerprint density at radius 2 is 1.83 bits per heavy atom. The summed E-state index contributed by atoms with van der Waals surface area (Å²) < 4.78 is 2.16. The van der Waals surface area contributed by atoms with Crippen LogP contribution in [0.2, 0.25) is 5.02 Å². The molecule has 0 saturated heterocycles. The van der Waals surface area contributed by atoms with Gasteiger partial charge in [-0.05, 0) is 43.3 Å². The van der Waals surface area contributed by atoms with Gasteiger partial charge in [0.15, 0.2) is 0 Å². The molecule has 0 saturated carbocycles. The van der Waals surface area contributed by atoms with Crippen LogP contribution in [0.5, 0.6) is 0 Å². The van der Waals surface area contributed by atoms with E-state index in [-0.39, 0.29) is 0 Å². The molecule has 0 amide bonds. The maximum Gasteiger partial charge on any atom is 0.139 e. The van der Waals surface area contributed by atoms with Gasteiger partial charge in [-0.15, -0.1) is 10.2 Å². The van der Waals surface area contributed by atoms with E-state index in [1.165, 1.54) is 11.2 Å². The number of fused-ring (bicyclic) bond motifs is 3. The summed E-state index contributed by atoms with van der Waals surface area (Å²) in [7, 11) is 2.12. The standard InChI is InChI=1S/C17H16BClN4/c1-11-20-21-17-8-9-22(14-5-3-13(19)4-6-14)16-10-12(18)2-7-15(16)23(11)17/h2-7,10H,8-9,18H2,1H3. The summed E-state index contributed by atoms with van der Waals surface area (Å²) in [4.78, 5) is 2.33. The summed E-state index contributed by atoms with van der Waals surface area (Å²) in [5, 5.41) is 9.34. The van der Waals surface area contributed by atoms with Crippen LogP contribution in [-0.2, 0) is 6.42 Å². The van der Waals surface area contributed by atoms with E-state index in [0.29, 0.717) is 0 Å². The van der Waals surface area contributed by atoms with Gasteiger partial charge in [0.05, 0.1) is 11.4 Å². The van der Waals surface area contributed by atoms with Crippen molar-refractivity contribution in [3.05, 3.63) is 59.1 Å². The van der Waals surface area contributed by atoms with Crippen LogP contribution < -0.4 is 10.4 Å². The Bertz CT molecular complexity index is 873. The van der Waals surface area contributed by atoms with Crippen LogP contribution in [0.3, 0.4) is 0 Å². The molecule has 0 fully saturated rings. The molecule has 0 aliphatic carbocycles. The molecule has 0 unspecified atom stereocenters. The zero-order chi connectivity index (χ0) is 16.0. The number of hydrogen-bond donors (Lipinski definition) is 0. The molecule has 4 rings (SSSR count). The van der Waals surface area contributed by atoms with Gasteiger partial charge in [-0.1, -0.05) is 23.1 Å². The summed E-state index contributed by atoms with van der Waals surface area (Å²) in [6, 6.07) is 14.5. The predicted octanol–water partition coefficient (Wildman–Crippen LogP) is 2.18. The third-order valence-corrected chi connectivity index (χ3v) is 4.50. The number of aromatic nitrogens is 3. The largest absolute Gasteiger partial charge is 0.339 e. The first-order valence-electron chi connectivity index (χ1n) is 7.68. The van der Waals surface area contributed by atoms with Crippen molar-refractivity contribution in [2.75, 3.05) is 11.4 Å². The van der Waals surface area contributed by atoms with Crippen molar-refractivity contribution in [3.8, 4) is 5.69 Å². The molecular formula is C17H16BClN4. The number of benzene rings is 2. The molecule has 0 radical (unpaired) electrons. The molecule has 0 bridgehead atoms. The number of anilines is 2. The lowest BCUT2D eigenvalue weighted by atomic mass is 9.95. The Balaban J connectivity index is 1.92. The van der Waals surface area contributed by atoms with Gasteiger partial charge in [0.25, 0.3) is 0 Å². The lowest BCUT2D eigenvalue weighted by Crippen LogP contribution is -2.21. The molecule has 114 valence electrons. The number of halogens is 1. The molecule has 0 N–H and O–H groups in total. The van der Waals surface area contributed by atoms with Crippen molar-refractivity contribution in [3.63, 3.8) is 0 Å². The van der Waals surface area contributed by atoms with Crippen molar-refractivity contribution in [2.45, 2.75) is 13.3 Å². The molecule has 2 heterocycles. The Hall–Kier alpha value is -2.27. The smallest absolute Gasteiger partial charge is 0.139 e. The van der Waals surface area contributed by atoms with Gasteiger partial charge in [-0.3, -0.25) is 4.57 Å². The second-order valence-corrected chi connectivity index (χ2v) is 6.31. The number of hydrogen-bond acceptors (Lipinski definition) is 3. The normalized spacial score (nSPS) is 13.4. The molecule has 6 heteroatoms. The maximum absolute atomic E-state index is 6.04. The van der Waals surface area contributed by atoms with Crippen molar-refractivity contribution in [1.82, 2.24) is 14.8 Å². The Morgan fingerprint density at radius 1 is 1.04 bits per heavy atom. The lowest BCUT2D eigenvalue weighted by molar-refractivity contribution is 0.838. The highest BCUT2D eigenvalue weighted by atomic mass is 35.5. The van der Waals surface area contributed by atoms with Gasteiger partial charge in [-0.2, -0.15) is 0 Å². The zero-order valence-electron chi connectivity index (χ0n) is 13.1. The van der Waals surface area contributed by atoms with E-state index in [9.17, 15) is 0 Å². The average molecular weight is 323 g/mol. The average Bonchev–Trinajstić information content (AvgIpc) is 2.82. The first kappa shape index (κ1) is 14.3. The first-order chi connectivity index (χ1) is 11.1. The molecule has 1 aliphatic heterocycles. The molecule has 4 nitrogen and oxygen atoms in total. The van der Waals surface area contributed by atoms with Crippen LogP contribution in [0.15, 0.2) is 42.5 Å². The number of nitrogens with zero attached hydrogens (tertiary/aromatic N) is 4. The quantitative estimate of drug-likeness (QED) is 0.644. The highest BCUT2D eigenvalue weighted by Crippen LogP contribution is 2.34. The second-order valence-electron chi connectivity index (χ2n) is 5.87. The van der Waals surface area contributed by atoms with Crippen molar-refractivity contribution >= 4 is 36.3 Å².